The van der Waals surface area contributed by atoms with Crippen molar-refractivity contribution >= 4 is 0 Å². The van der Waals surface area contributed by atoms with Gasteiger partial charge in [-0.05, 0) is 38.7 Å². The number of nitrogens with one attached hydrogen (secondary N) is 1. The zero-order valence-electron chi connectivity index (χ0n) is 12.7. The van der Waals surface area contributed by atoms with Gasteiger partial charge >= 0.3 is 0 Å². The highest BCUT2D eigenvalue weighted by Crippen LogP contribution is 2.32. The standard InChI is InChI=1S/C17H24N2O2/c1-2-20-16-8-6-7-14(13-19-15-9-10-15)17(16)21-12-5-3-4-11-18/h6-8,15,19H,2-5,9-10,12-13H2,1H3. The van der Waals surface area contributed by atoms with E-state index in [-0.39, 0.29) is 0 Å². The molecule has 0 unspecified atom stereocenters. The van der Waals surface area contributed by atoms with Gasteiger partial charge in [0.05, 0.1) is 19.3 Å². The van der Waals surface area contributed by atoms with Crippen molar-refractivity contribution in [2.75, 3.05) is 13.2 Å². The third-order valence-electron chi connectivity index (χ3n) is 3.45. The molecule has 1 aliphatic rings. The van der Waals surface area contributed by atoms with Crippen molar-refractivity contribution in [2.45, 2.75) is 51.6 Å². The Morgan fingerprint density at radius 3 is 2.86 bits per heavy atom. The summed E-state index contributed by atoms with van der Waals surface area (Å²) >= 11 is 0. The summed E-state index contributed by atoms with van der Waals surface area (Å²) in [5.41, 5.74) is 1.15. The second kappa shape index (κ2) is 8.53. The smallest absolute Gasteiger partial charge is 0.165 e. The lowest BCUT2D eigenvalue weighted by molar-refractivity contribution is 0.268. The molecule has 114 valence electrons. The average molecular weight is 288 g/mol. The fourth-order valence-electron chi connectivity index (χ4n) is 2.16. The van der Waals surface area contributed by atoms with Crippen LogP contribution in [-0.2, 0) is 6.54 Å². The normalized spacial score (nSPS) is 13.7. The number of benzene rings is 1. The van der Waals surface area contributed by atoms with Crippen LogP contribution >= 0.6 is 0 Å². The highest BCUT2D eigenvalue weighted by Gasteiger charge is 2.21. The van der Waals surface area contributed by atoms with E-state index in [4.69, 9.17) is 14.7 Å². The maximum atomic E-state index is 8.55. The molecule has 2 rings (SSSR count). The minimum atomic E-state index is 0.590. The van der Waals surface area contributed by atoms with Crippen LogP contribution in [0, 0.1) is 11.3 Å². The molecule has 1 aliphatic carbocycles. The Morgan fingerprint density at radius 2 is 2.14 bits per heavy atom. The maximum absolute atomic E-state index is 8.55. The molecule has 0 spiro atoms. The molecule has 0 amide bonds. The molecule has 4 nitrogen and oxygen atoms in total. The van der Waals surface area contributed by atoms with Gasteiger partial charge in [0.25, 0.3) is 0 Å². The van der Waals surface area contributed by atoms with Gasteiger partial charge in [0.1, 0.15) is 0 Å². The first-order valence-corrected chi connectivity index (χ1v) is 7.83. The van der Waals surface area contributed by atoms with E-state index < -0.39 is 0 Å². The minimum Gasteiger partial charge on any atom is -0.490 e. The molecular weight excluding hydrogens is 264 g/mol. The first-order chi connectivity index (χ1) is 10.3. The lowest BCUT2D eigenvalue weighted by Crippen LogP contribution is -2.16. The number of nitrogens with zero attached hydrogens (tertiary/aromatic N) is 1. The molecule has 0 bridgehead atoms. The van der Waals surface area contributed by atoms with Gasteiger partial charge in [0.15, 0.2) is 11.5 Å². The van der Waals surface area contributed by atoms with Crippen molar-refractivity contribution in [1.29, 1.82) is 5.26 Å². The maximum Gasteiger partial charge on any atom is 0.165 e. The molecule has 0 atom stereocenters. The number of hydrogen-bond acceptors (Lipinski definition) is 4. The predicted molar refractivity (Wildman–Crippen MR) is 82.4 cm³/mol. The highest BCUT2D eigenvalue weighted by atomic mass is 16.5. The Kier molecular flexibility index (Phi) is 6.36. The summed E-state index contributed by atoms with van der Waals surface area (Å²) in [5.74, 6) is 1.66. The molecule has 0 aliphatic heterocycles. The van der Waals surface area contributed by atoms with E-state index in [1.807, 2.05) is 19.1 Å². The zero-order chi connectivity index (χ0) is 14.9. The van der Waals surface area contributed by atoms with E-state index in [1.165, 1.54) is 12.8 Å². The van der Waals surface area contributed by atoms with Crippen molar-refractivity contribution in [3.05, 3.63) is 23.8 Å². The molecule has 1 aromatic carbocycles. The third-order valence-corrected chi connectivity index (χ3v) is 3.45. The molecule has 0 heterocycles. The van der Waals surface area contributed by atoms with Crippen LogP contribution in [-0.4, -0.2) is 19.3 Å². The summed E-state index contributed by atoms with van der Waals surface area (Å²) in [6.45, 7) is 4.05. The van der Waals surface area contributed by atoms with Crippen molar-refractivity contribution in [1.82, 2.24) is 5.32 Å². The van der Waals surface area contributed by atoms with E-state index in [2.05, 4.69) is 17.5 Å². The molecule has 21 heavy (non-hydrogen) atoms. The van der Waals surface area contributed by atoms with Crippen molar-refractivity contribution in [3.8, 4) is 17.6 Å². The summed E-state index contributed by atoms with van der Waals surface area (Å²) in [7, 11) is 0. The number of nitriles is 1. The Bertz CT molecular complexity index is 478. The molecule has 0 saturated heterocycles. The second-order valence-corrected chi connectivity index (χ2v) is 5.30. The zero-order valence-corrected chi connectivity index (χ0v) is 12.7. The van der Waals surface area contributed by atoms with Crippen molar-refractivity contribution < 1.29 is 9.47 Å². The molecule has 0 aromatic heterocycles. The minimum absolute atomic E-state index is 0.590. The summed E-state index contributed by atoms with van der Waals surface area (Å²) in [6.07, 6.45) is 4.91. The van der Waals surface area contributed by atoms with Crippen LogP contribution in [0.2, 0.25) is 0 Å². The Morgan fingerprint density at radius 1 is 1.29 bits per heavy atom. The van der Waals surface area contributed by atoms with Crippen molar-refractivity contribution in [3.63, 3.8) is 0 Å². The van der Waals surface area contributed by atoms with Gasteiger partial charge in [-0.1, -0.05) is 12.1 Å². The van der Waals surface area contributed by atoms with Crippen LogP contribution in [0.1, 0.15) is 44.6 Å². The van der Waals surface area contributed by atoms with E-state index in [0.717, 1.165) is 36.4 Å². The fraction of sp³-hybridized carbons (Fsp3) is 0.588. The number of para-hydroxylation sites is 1. The van der Waals surface area contributed by atoms with Crippen LogP contribution in [0.5, 0.6) is 11.5 Å². The lowest BCUT2D eigenvalue weighted by atomic mass is 10.1. The second-order valence-electron chi connectivity index (χ2n) is 5.30. The summed E-state index contributed by atoms with van der Waals surface area (Å²) in [6, 6.07) is 8.88. The van der Waals surface area contributed by atoms with E-state index in [9.17, 15) is 0 Å². The molecule has 0 radical (unpaired) electrons. The van der Waals surface area contributed by atoms with Gasteiger partial charge in [-0.3, -0.25) is 0 Å². The predicted octanol–water partition coefficient (Wildman–Crippen LogP) is 3.41. The highest BCUT2D eigenvalue weighted by molar-refractivity contribution is 5.46. The van der Waals surface area contributed by atoms with E-state index >= 15 is 0 Å². The van der Waals surface area contributed by atoms with Crippen LogP contribution in [0.15, 0.2) is 18.2 Å². The third kappa shape index (κ3) is 5.28. The van der Waals surface area contributed by atoms with Crippen LogP contribution in [0.25, 0.3) is 0 Å². The van der Waals surface area contributed by atoms with Gasteiger partial charge < -0.3 is 14.8 Å². The number of rotatable bonds is 10. The first kappa shape index (κ1) is 15.7. The molecular formula is C17H24N2O2. The van der Waals surface area contributed by atoms with Gasteiger partial charge in [-0.15, -0.1) is 0 Å². The van der Waals surface area contributed by atoms with Crippen LogP contribution in [0.3, 0.4) is 0 Å². The Hall–Kier alpha value is -1.73. The monoisotopic (exact) mass is 288 g/mol. The molecule has 1 N–H and O–H groups in total. The van der Waals surface area contributed by atoms with Gasteiger partial charge in [0.2, 0.25) is 0 Å². The molecule has 1 fully saturated rings. The topological polar surface area (TPSA) is 54.3 Å². The molecule has 1 saturated carbocycles. The van der Waals surface area contributed by atoms with E-state index in [0.29, 0.717) is 25.7 Å². The number of unbranched alkanes of at least 4 members (excludes halogenated alkanes) is 2. The van der Waals surface area contributed by atoms with Crippen molar-refractivity contribution in [2.24, 2.45) is 0 Å². The van der Waals surface area contributed by atoms with Gasteiger partial charge in [-0.25, -0.2) is 0 Å². The van der Waals surface area contributed by atoms with Gasteiger partial charge in [-0.2, -0.15) is 5.26 Å². The van der Waals surface area contributed by atoms with Crippen LogP contribution in [0.4, 0.5) is 0 Å². The molecule has 4 heteroatoms. The SMILES string of the molecule is CCOc1cccc(CNC2CC2)c1OCCCCC#N. The number of hydrogen-bond donors (Lipinski definition) is 1. The van der Waals surface area contributed by atoms with E-state index in [1.54, 1.807) is 0 Å². The Labute approximate surface area is 127 Å². The van der Waals surface area contributed by atoms with Gasteiger partial charge in [0, 0.05) is 24.6 Å². The molecule has 1 aromatic rings. The summed E-state index contributed by atoms with van der Waals surface area (Å²) < 4.78 is 11.6. The number of ether oxygens (including phenoxy) is 2. The summed E-state index contributed by atoms with van der Waals surface area (Å²) in [4.78, 5) is 0. The van der Waals surface area contributed by atoms with Crippen LogP contribution < -0.4 is 14.8 Å². The quantitative estimate of drug-likeness (QED) is 0.670. The first-order valence-electron chi connectivity index (χ1n) is 7.83. The lowest BCUT2D eigenvalue weighted by Gasteiger charge is -2.16. The largest absolute Gasteiger partial charge is 0.490 e. The fourth-order valence-corrected chi connectivity index (χ4v) is 2.16. The average Bonchev–Trinajstić information content (AvgIpc) is 3.31. The Balaban J connectivity index is 1.96. The summed E-state index contributed by atoms with van der Waals surface area (Å²) in [5, 5.41) is 12.1.